The maximum absolute atomic E-state index is 12.8. The molecule has 1 aromatic heterocycles. The first-order chi connectivity index (χ1) is 13.6. The van der Waals surface area contributed by atoms with E-state index in [0.717, 1.165) is 29.6 Å². The highest BCUT2D eigenvalue weighted by atomic mass is 16.2. The first kappa shape index (κ1) is 18.3. The summed E-state index contributed by atoms with van der Waals surface area (Å²) in [5.41, 5.74) is 2.85. The quantitative estimate of drug-likeness (QED) is 0.755. The lowest BCUT2D eigenvalue weighted by atomic mass is 10.1. The van der Waals surface area contributed by atoms with Crippen LogP contribution < -0.4 is 10.5 Å². The van der Waals surface area contributed by atoms with Crippen molar-refractivity contribution in [3.8, 4) is 0 Å². The van der Waals surface area contributed by atoms with E-state index in [-0.39, 0.29) is 17.0 Å². The summed E-state index contributed by atoms with van der Waals surface area (Å²) in [5.74, 6) is -0.271. The first-order valence-electron chi connectivity index (χ1n) is 9.83. The van der Waals surface area contributed by atoms with Gasteiger partial charge >= 0.3 is 0 Å². The summed E-state index contributed by atoms with van der Waals surface area (Å²) in [6, 6.07) is 17.5. The highest BCUT2D eigenvalue weighted by molar-refractivity contribution is 5.97. The number of carbonyl (C=O) groups is 1. The topological polar surface area (TPSA) is 56.4 Å². The number of nitrogens with zero attached hydrogens (tertiary/aromatic N) is 2. The Morgan fingerprint density at radius 2 is 1.75 bits per heavy atom. The minimum atomic E-state index is -0.351. The zero-order valence-electron chi connectivity index (χ0n) is 16.1. The van der Waals surface area contributed by atoms with Gasteiger partial charge in [-0.2, -0.15) is 0 Å². The Morgan fingerprint density at radius 1 is 1.04 bits per heavy atom. The molecule has 0 radical (unpaired) electrons. The van der Waals surface area contributed by atoms with Gasteiger partial charge in [-0.1, -0.05) is 30.3 Å². The fourth-order valence-electron chi connectivity index (χ4n) is 3.82. The van der Waals surface area contributed by atoms with Crippen LogP contribution in [0.3, 0.4) is 0 Å². The van der Waals surface area contributed by atoms with Gasteiger partial charge in [0.2, 0.25) is 0 Å². The number of benzene rings is 2. The predicted molar refractivity (Wildman–Crippen MR) is 113 cm³/mol. The van der Waals surface area contributed by atoms with Crippen LogP contribution in [0.15, 0.2) is 59.4 Å². The Bertz CT molecular complexity index is 1030. The van der Waals surface area contributed by atoms with Crippen LogP contribution in [0.25, 0.3) is 10.9 Å². The molecule has 1 fully saturated rings. The smallest absolute Gasteiger partial charge is 0.261 e. The van der Waals surface area contributed by atoms with E-state index in [2.05, 4.69) is 34.1 Å². The molecule has 4 rings (SSSR count). The second-order valence-corrected chi connectivity index (χ2v) is 7.47. The van der Waals surface area contributed by atoms with Crippen molar-refractivity contribution >= 4 is 22.5 Å². The van der Waals surface area contributed by atoms with Crippen LogP contribution in [-0.4, -0.2) is 35.9 Å². The molecule has 5 nitrogen and oxygen atoms in total. The van der Waals surface area contributed by atoms with Crippen molar-refractivity contribution in [1.29, 1.82) is 0 Å². The van der Waals surface area contributed by atoms with E-state index in [1.807, 2.05) is 24.3 Å². The fraction of sp³-hybridized carbons (Fsp3) is 0.304. The summed E-state index contributed by atoms with van der Waals surface area (Å²) in [6.45, 7) is 2.69. The third-order valence-corrected chi connectivity index (χ3v) is 5.41. The van der Waals surface area contributed by atoms with Crippen molar-refractivity contribution in [2.75, 3.05) is 25.0 Å². The number of aromatic amines is 1. The van der Waals surface area contributed by atoms with Gasteiger partial charge in [-0.15, -0.1) is 0 Å². The molecule has 2 aromatic carbocycles. The van der Waals surface area contributed by atoms with Crippen LogP contribution in [-0.2, 0) is 6.54 Å². The molecule has 2 heterocycles. The molecule has 5 heteroatoms. The number of nitrogens with one attached hydrogen (secondary N) is 1. The molecule has 1 amide bonds. The van der Waals surface area contributed by atoms with Gasteiger partial charge in [0.15, 0.2) is 0 Å². The molecule has 0 aliphatic carbocycles. The molecule has 0 spiro atoms. The van der Waals surface area contributed by atoms with Gasteiger partial charge in [0.05, 0.1) is 0 Å². The predicted octanol–water partition coefficient (Wildman–Crippen LogP) is 3.79. The largest absolute Gasteiger partial charge is 0.372 e. The van der Waals surface area contributed by atoms with Crippen molar-refractivity contribution < 1.29 is 4.79 Å². The maximum Gasteiger partial charge on any atom is 0.261 e. The molecule has 0 atom stereocenters. The zero-order valence-corrected chi connectivity index (χ0v) is 16.1. The van der Waals surface area contributed by atoms with Crippen molar-refractivity contribution in [2.45, 2.75) is 25.8 Å². The molecule has 1 N–H and O–H groups in total. The van der Waals surface area contributed by atoms with E-state index in [1.165, 1.54) is 24.9 Å². The SMILES string of the molecule is CN(Cc1ccc(N2CCCCC2)cc1)C(=O)c1cc2ccccc2[nH]c1=O. The molecule has 0 unspecified atom stereocenters. The molecule has 1 aliphatic rings. The molecule has 1 saturated heterocycles. The Balaban J connectivity index is 1.48. The van der Waals surface area contributed by atoms with Crippen LogP contribution >= 0.6 is 0 Å². The van der Waals surface area contributed by atoms with Gasteiger partial charge < -0.3 is 14.8 Å². The van der Waals surface area contributed by atoms with Crippen LogP contribution in [0, 0.1) is 0 Å². The van der Waals surface area contributed by atoms with E-state index in [4.69, 9.17) is 0 Å². The minimum absolute atomic E-state index is 0.172. The maximum atomic E-state index is 12.8. The number of piperidine rings is 1. The van der Waals surface area contributed by atoms with Gasteiger partial charge in [0, 0.05) is 37.9 Å². The zero-order chi connectivity index (χ0) is 19.5. The molecule has 3 aromatic rings. The van der Waals surface area contributed by atoms with Crippen LogP contribution in [0.5, 0.6) is 0 Å². The van der Waals surface area contributed by atoms with E-state index in [9.17, 15) is 9.59 Å². The summed E-state index contributed by atoms with van der Waals surface area (Å²) >= 11 is 0. The Hall–Kier alpha value is -3.08. The Labute approximate surface area is 164 Å². The van der Waals surface area contributed by atoms with Crippen molar-refractivity contribution in [1.82, 2.24) is 9.88 Å². The van der Waals surface area contributed by atoms with E-state index in [1.54, 1.807) is 18.0 Å². The number of rotatable bonds is 4. The molecule has 0 bridgehead atoms. The summed E-state index contributed by atoms with van der Waals surface area (Å²) in [5, 5.41) is 0.852. The number of pyridine rings is 1. The number of para-hydroxylation sites is 1. The van der Waals surface area contributed by atoms with Gasteiger partial charge in [-0.25, -0.2) is 0 Å². The third kappa shape index (κ3) is 3.79. The number of amides is 1. The number of aromatic nitrogens is 1. The number of hydrogen-bond acceptors (Lipinski definition) is 3. The molecular formula is C23H25N3O2. The highest BCUT2D eigenvalue weighted by Gasteiger charge is 2.17. The average Bonchev–Trinajstić information content (AvgIpc) is 2.74. The summed E-state index contributed by atoms with van der Waals surface area (Å²) in [4.78, 5) is 32.0. The van der Waals surface area contributed by atoms with E-state index in [0.29, 0.717) is 6.54 Å². The van der Waals surface area contributed by atoms with Gasteiger partial charge in [0.25, 0.3) is 11.5 Å². The molecule has 144 valence electrons. The van der Waals surface area contributed by atoms with Crippen LogP contribution in [0.1, 0.15) is 35.2 Å². The van der Waals surface area contributed by atoms with E-state index < -0.39 is 0 Å². The highest BCUT2D eigenvalue weighted by Crippen LogP contribution is 2.21. The average molecular weight is 375 g/mol. The van der Waals surface area contributed by atoms with Gasteiger partial charge in [-0.05, 0) is 54.5 Å². The normalized spacial score (nSPS) is 14.2. The molecule has 1 aliphatic heterocycles. The third-order valence-electron chi connectivity index (χ3n) is 5.41. The summed E-state index contributed by atoms with van der Waals surface area (Å²) < 4.78 is 0. The number of anilines is 1. The Kier molecular flexibility index (Phi) is 5.15. The molecule has 28 heavy (non-hydrogen) atoms. The second-order valence-electron chi connectivity index (χ2n) is 7.47. The van der Waals surface area contributed by atoms with Gasteiger partial charge in [0.1, 0.15) is 5.56 Å². The number of H-pyrrole nitrogens is 1. The minimum Gasteiger partial charge on any atom is -0.372 e. The molecule has 0 saturated carbocycles. The van der Waals surface area contributed by atoms with Crippen molar-refractivity contribution in [2.24, 2.45) is 0 Å². The van der Waals surface area contributed by atoms with E-state index >= 15 is 0 Å². The van der Waals surface area contributed by atoms with Gasteiger partial charge in [-0.3, -0.25) is 9.59 Å². The standard InChI is InChI=1S/C23H25N3O2/c1-25(16-17-9-11-19(12-10-17)26-13-5-2-6-14-26)23(28)20-15-18-7-3-4-8-21(18)24-22(20)27/h3-4,7-12,15H,2,5-6,13-14,16H2,1H3,(H,24,27). The number of hydrogen-bond donors (Lipinski definition) is 1. The first-order valence-corrected chi connectivity index (χ1v) is 9.83. The monoisotopic (exact) mass is 375 g/mol. The van der Waals surface area contributed by atoms with Crippen LogP contribution in [0.2, 0.25) is 0 Å². The lowest BCUT2D eigenvalue weighted by Gasteiger charge is -2.29. The van der Waals surface area contributed by atoms with Crippen molar-refractivity contribution in [3.63, 3.8) is 0 Å². The lowest BCUT2D eigenvalue weighted by Crippen LogP contribution is -2.31. The summed E-state index contributed by atoms with van der Waals surface area (Å²) in [7, 11) is 1.73. The summed E-state index contributed by atoms with van der Waals surface area (Å²) in [6.07, 6.45) is 3.81. The molecular weight excluding hydrogens is 350 g/mol. The van der Waals surface area contributed by atoms with Crippen molar-refractivity contribution in [3.05, 3.63) is 76.1 Å². The van der Waals surface area contributed by atoms with Crippen LogP contribution in [0.4, 0.5) is 5.69 Å². The lowest BCUT2D eigenvalue weighted by molar-refractivity contribution is 0.0783. The second kappa shape index (κ2) is 7.89. The fourth-order valence-corrected chi connectivity index (χ4v) is 3.82. The number of fused-ring (bicyclic) bond motifs is 1. The number of carbonyl (C=O) groups excluding carboxylic acids is 1. The Morgan fingerprint density at radius 3 is 2.50 bits per heavy atom.